The van der Waals surface area contributed by atoms with Gasteiger partial charge in [-0.15, -0.1) is 0 Å². The first-order valence-corrected chi connectivity index (χ1v) is 6.40. The van der Waals surface area contributed by atoms with E-state index in [4.69, 9.17) is 36.7 Å². The summed E-state index contributed by atoms with van der Waals surface area (Å²) in [6.07, 6.45) is 0. The molecule has 14 heavy (non-hydrogen) atoms. The molecule has 10 heteroatoms. The Morgan fingerprint density at radius 1 is 0.857 bits per heavy atom. The van der Waals surface area contributed by atoms with E-state index in [1.165, 1.54) is 23.3 Å². The van der Waals surface area contributed by atoms with Gasteiger partial charge >= 0.3 is 0 Å². The molecule has 0 radical (unpaired) electrons. The SMILES string of the molecule is S=c1[nH]s[nH]c1=S.S=c1[nH]sc(=S)[nH]1. The molecule has 0 atom stereocenters. The van der Waals surface area contributed by atoms with Crippen LogP contribution in [0, 0.1) is 18.0 Å². The lowest BCUT2D eigenvalue weighted by molar-refractivity contribution is 1.28. The molecule has 2 rings (SSSR count). The maximum absolute atomic E-state index is 4.71. The third-order valence-corrected chi connectivity index (χ3v) is 3.84. The maximum atomic E-state index is 4.71. The largest absolute Gasteiger partial charge is 0.313 e. The van der Waals surface area contributed by atoms with Gasteiger partial charge in [-0.1, -0.05) is 24.4 Å². The molecular weight excluding hydrogens is 296 g/mol. The Labute approximate surface area is 108 Å². The predicted molar refractivity (Wildman–Crippen MR) is 69.4 cm³/mol. The Morgan fingerprint density at radius 2 is 1.43 bits per heavy atom. The quantitative estimate of drug-likeness (QED) is 0.560. The van der Waals surface area contributed by atoms with Gasteiger partial charge < -0.3 is 4.98 Å². The minimum absolute atomic E-state index is 0.606. The van der Waals surface area contributed by atoms with Crippen molar-refractivity contribution in [2.45, 2.75) is 0 Å². The molecule has 2 aromatic rings. The van der Waals surface area contributed by atoms with Crippen LogP contribution in [-0.2, 0) is 0 Å². The molecule has 0 fully saturated rings. The van der Waals surface area contributed by atoms with Crippen LogP contribution in [0.4, 0.5) is 0 Å². The number of H-pyrrole nitrogens is 4. The van der Waals surface area contributed by atoms with Gasteiger partial charge in [0, 0.05) is 11.7 Å². The summed E-state index contributed by atoms with van der Waals surface area (Å²) < 4.78 is 10.9. The second-order valence-electron chi connectivity index (χ2n) is 1.91. The van der Waals surface area contributed by atoms with E-state index in [2.05, 4.69) is 30.3 Å². The van der Waals surface area contributed by atoms with Crippen LogP contribution < -0.4 is 0 Å². The summed E-state index contributed by atoms with van der Waals surface area (Å²) in [7, 11) is 0. The van der Waals surface area contributed by atoms with Gasteiger partial charge in [0.2, 0.25) is 0 Å². The summed E-state index contributed by atoms with van der Waals surface area (Å²) in [5, 5.41) is 0. The second kappa shape index (κ2) is 5.78. The van der Waals surface area contributed by atoms with Gasteiger partial charge in [0.05, 0.1) is 0 Å². The molecule has 2 heterocycles. The van der Waals surface area contributed by atoms with Crippen LogP contribution in [0.25, 0.3) is 0 Å². The Balaban J connectivity index is 0.000000140. The minimum atomic E-state index is 0.606. The molecule has 76 valence electrons. The smallest absolute Gasteiger partial charge is 0.185 e. The van der Waals surface area contributed by atoms with E-state index in [1.807, 2.05) is 0 Å². The Hall–Kier alpha value is -0.0000000000000000555. The molecule has 0 aliphatic rings. The molecule has 0 aliphatic carbocycles. The Bertz CT molecular complexity index is 539. The first-order chi connectivity index (χ1) is 6.59. The molecule has 0 saturated heterocycles. The van der Waals surface area contributed by atoms with Crippen molar-refractivity contribution in [3.8, 4) is 0 Å². The van der Waals surface area contributed by atoms with Crippen molar-refractivity contribution >= 4 is 72.1 Å². The Kier molecular flexibility index (Phi) is 4.98. The van der Waals surface area contributed by atoms with E-state index in [9.17, 15) is 0 Å². The lowest BCUT2D eigenvalue weighted by Gasteiger charge is -1.55. The lowest BCUT2D eigenvalue weighted by atomic mass is 11.0. The van der Waals surface area contributed by atoms with Crippen LogP contribution in [0.15, 0.2) is 0 Å². The van der Waals surface area contributed by atoms with Crippen molar-refractivity contribution in [2.75, 3.05) is 0 Å². The fraction of sp³-hybridized carbons (Fsp3) is 0. The predicted octanol–water partition coefficient (Wildman–Crippen LogP) is 3.73. The zero-order valence-corrected chi connectivity index (χ0v) is 11.3. The number of rotatable bonds is 0. The molecule has 0 unspecified atom stereocenters. The fourth-order valence-electron chi connectivity index (χ4n) is 0.447. The van der Waals surface area contributed by atoms with Crippen molar-refractivity contribution in [3.05, 3.63) is 18.0 Å². The van der Waals surface area contributed by atoms with Crippen LogP contribution in [0.2, 0.25) is 0 Å². The number of hydrogen-bond acceptors (Lipinski definition) is 6. The summed E-state index contributed by atoms with van der Waals surface area (Å²) in [4.78, 5) is 2.73. The van der Waals surface area contributed by atoms with Gasteiger partial charge in [-0.25, -0.2) is 0 Å². The standard InChI is InChI=1S/2C2H2N2S3/c5-1-3-2(6)7-4-1;5-1-2(6)4-7-3-1/h(H2,3,4,5,6);(H,3,5)(H,4,6). The summed E-state index contributed by atoms with van der Waals surface area (Å²) in [6.45, 7) is 0. The molecular formula is C4H4N4S6. The van der Waals surface area contributed by atoms with Crippen LogP contribution in [0.3, 0.4) is 0 Å². The lowest BCUT2D eigenvalue weighted by Crippen LogP contribution is -1.56. The second-order valence-corrected chi connectivity index (χ2v) is 5.23. The van der Waals surface area contributed by atoms with Crippen molar-refractivity contribution < 1.29 is 0 Å². The molecule has 4 nitrogen and oxygen atoms in total. The van der Waals surface area contributed by atoms with Gasteiger partial charge in [0.1, 0.15) is 9.28 Å². The van der Waals surface area contributed by atoms with Gasteiger partial charge in [-0.3, -0.25) is 13.1 Å². The Morgan fingerprint density at radius 3 is 1.57 bits per heavy atom. The molecule has 0 aliphatic heterocycles. The van der Waals surface area contributed by atoms with Gasteiger partial charge in [-0.2, -0.15) is 0 Å². The number of hydrogen-bond donors (Lipinski definition) is 4. The van der Waals surface area contributed by atoms with Gasteiger partial charge in [-0.05, 0) is 36.0 Å². The first-order valence-electron chi connectivity index (χ1n) is 3.13. The number of nitrogens with one attached hydrogen (secondary N) is 4. The molecule has 0 saturated carbocycles. The van der Waals surface area contributed by atoms with Crippen LogP contribution >= 0.6 is 72.1 Å². The minimum Gasteiger partial charge on any atom is -0.313 e. The van der Waals surface area contributed by atoms with E-state index in [0.717, 1.165) is 0 Å². The maximum Gasteiger partial charge on any atom is 0.185 e. The van der Waals surface area contributed by atoms with E-state index in [0.29, 0.717) is 18.0 Å². The van der Waals surface area contributed by atoms with E-state index >= 15 is 0 Å². The molecule has 0 aromatic carbocycles. The average molecular weight is 301 g/mol. The van der Waals surface area contributed by atoms with Crippen LogP contribution in [-0.4, -0.2) is 18.1 Å². The van der Waals surface area contributed by atoms with Crippen LogP contribution in [0.5, 0.6) is 0 Å². The normalized spacial score (nSPS) is 9.14. The first kappa shape index (κ1) is 12.1. The fourth-order valence-corrected chi connectivity index (χ4v) is 2.34. The zero-order chi connectivity index (χ0) is 10.6. The molecule has 0 bridgehead atoms. The highest BCUT2D eigenvalue weighted by Gasteiger charge is 1.77. The average Bonchev–Trinajstić information content (AvgIpc) is 2.65. The summed E-state index contributed by atoms with van der Waals surface area (Å²) in [6, 6.07) is 0. The zero-order valence-electron chi connectivity index (χ0n) is 6.45. The summed E-state index contributed by atoms with van der Waals surface area (Å²) in [5.74, 6) is 0. The van der Waals surface area contributed by atoms with E-state index < -0.39 is 0 Å². The van der Waals surface area contributed by atoms with Crippen molar-refractivity contribution in [2.24, 2.45) is 0 Å². The topological polar surface area (TPSA) is 63.2 Å². The van der Waals surface area contributed by atoms with E-state index in [1.54, 1.807) is 0 Å². The number of aromatic amines is 4. The van der Waals surface area contributed by atoms with E-state index in [-0.39, 0.29) is 0 Å². The van der Waals surface area contributed by atoms with Crippen molar-refractivity contribution in [1.29, 1.82) is 0 Å². The molecule has 0 spiro atoms. The third-order valence-electron chi connectivity index (χ3n) is 0.946. The molecule has 4 N–H and O–H groups in total. The molecule has 0 amide bonds. The summed E-state index contributed by atoms with van der Waals surface area (Å²) in [5.41, 5.74) is 0. The number of aromatic nitrogens is 4. The van der Waals surface area contributed by atoms with Crippen molar-refractivity contribution in [3.63, 3.8) is 0 Å². The molecule has 2 aromatic heterocycles. The third kappa shape index (κ3) is 4.02. The highest BCUT2D eigenvalue weighted by atomic mass is 32.2. The van der Waals surface area contributed by atoms with Gasteiger partial charge in [0.25, 0.3) is 0 Å². The van der Waals surface area contributed by atoms with Gasteiger partial charge in [0.15, 0.2) is 8.73 Å². The van der Waals surface area contributed by atoms with Crippen LogP contribution in [0.1, 0.15) is 0 Å². The highest BCUT2D eigenvalue weighted by Crippen LogP contribution is 1.90. The summed E-state index contributed by atoms with van der Waals surface area (Å²) >= 11 is 21.4. The monoisotopic (exact) mass is 300 g/mol. The highest BCUT2D eigenvalue weighted by molar-refractivity contribution is 7.74. The van der Waals surface area contributed by atoms with Crippen molar-refractivity contribution in [1.82, 2.24) is 18.1 Å².